The molecule has 0 saturated heterocycles. The van der Waals surface area contributed by atoms with Gasteiger partial charge in [-0.3, -0.25) is 4.79 Å². The summed E-state index contributed by atoms with van der Waals surface area (Å²) in [6.45, 7) is 1.37. The van der Waals surface area contributed by atoms with E-state index in [0.717, 1.165) is 0 Å². The zero-order valence-corrected chi connectivity index (χ0v) is 11.6. The van der Waals surface area contributed by atoms with Gasteiger partial charge in [-0.1, -0.05) is 11.6 Å². The van der Waals surface area contributed by atoms with Crippen LogP contribution in [0.3, 0.4) is 0 Å². The molecule has 0 atom stereocenters. The minimum absolute atomic E-state index is 0.0637. The van der Waals surface area contributed by atoms with Crippen molar-refractivity contribution in [2.75, 3.05) is 7.11 Å². The van der Waals surface area contributed by atoms with Crippen molar-refractivity contribution in [3.63, 3.8) is 0 Å². The van der Waals surface area contributed by atoms with Crippen molar-refractivity contribution in [1.29, 1.82) is 0 Å². The van der Waals surface area contributed by atoms with E-state index in [1.54, 1.807) is 6.07 Å². The van der Waals surface area contributed by atoms with Crippen LogP contribution in [0.15, 0.2) is 16.6 Å². The third-order valence-electron chi connectivity index (χ3n) is 1.97. The molecule has 1 aromatic rings. The summed E-state index contributed by atoms with van der Waals surface area (Å²) in [5.41, 5.74) is 0.936. The highest BCUT2D eigenvalue weighted by atomic mass is 79.9. The molecule has 0 aliphatic rings. The van der Waals surface area contributed by atoms with Crippen molar-refractivity contribution < 1.29 is 19.1 Å². The molecule has 0 N–H and O–H groups in total. The van der Waals surface area contributed by atoms with Gasteiger partial charge in [-0.05, 0) is 28.1 Å². The Balaban J connectivity index is 3.01. The Morgan fingerprint density at radius 2 is 2.06 bits per heavy atom. The molecule has 0 unspecified atom stereocenters. The predicted molar refractivity (Wildman–Crippen MR) is 66.0 cm³/mol. The number of methoxy groups -OCH3 is 1. The molecule has 1 aromatic carbocycles. The lowest BCUT2D eigenvalue weighted by Crippen LogP contribution is -2.05. The van der Waals surface area contributed by atoms with Crippen LogP contribution in [0.4, 0.5) is 0 Å². The van der Waals surface area contributed by atoms with E-state index in [0.29, 0.717) is 20.6 Å². The molecule has 6 heteroatoms. The van der Waals surface area contributed by atoms with Crippen molar-refractivity contribution in [1.82, 2.24) is 0 Å². The molecule has 0 spiro atoms. The summed E-state index contributed by atoms with van der Waals surface area (Å²) in [4.78, 5) is 22.1. The second kappa shape index (κ2) is 6.02. The zero-order valence-electron chi connectivity index (χ0n) is 9.25. The van der Waals surface area contributed by atoms with Gasteiger partial charge in [0.1, 0.15) is 6.61 Å². The van der Waals surface area contributed by atoms with E-state index in [-0.39, 0.29) is 6.61 Å². The highest BCUT2D eigenvalue weighted by Gasteiger charge is 2.14. The van der Waals surface area contributed by atoms with E-state index in [9.17, 15) is 9.59 Å². The summed E-state index contributed by atoms with van der Waals surface area (Å²) in [7, 11) is 1.29. The molecule has 0 heterocycles. The van der Waals surface area contributed by atoms with Crippen molar-refractivity contribution in [2.24, 2.45) is 0 Å². The fourth-order valence-electron chi connectivity index (χ4n) is 1.14. The molecule has 0 bridgehead atoms. The number of hydrogen-bond acceptors (Lipinski definition) is 4. The van der Waals surface area contributed by atoms with Crippen LogP contribution in [0.25, 0.3) is 0 Å². The van der Waals surface area contributed by atoms with E-state index >= 15 is 0 Å². The number of carbonyl (C=O) groups is 2. The molecular weight excluding hydrogens is 311 g/mol. The van der Waals surface area contributed by atoms with Crippen molar-refractivity contribution in [3.05, 3.63) is 32.8 Å². The Hall–Kier alpha value is -1.07. The Kier molecular flexibility index (Phi) is 4.96. The fraction of sp³-hybridized carbons (Fsp3) is 0.273. The van der Waals surface area contributed by atoms with Crippen LogP contribution in [-0.2, 0) is 20.9 Å². The maximum absolute atomic E-state index is 11.4. The van der Waals surface area contributed by atoms with Crippen molar-refractivity contribution in [2.45, 2.75) is 13.5 Å². The normalized spacial score (nSPS) is 9.88. The summed E-state index contributed by atoms with van der Waals surface area (Å²) in [6, 6.07) is 3.09. The zero-order chi connectivity index (χ0) is 13.0. The molecule has 0 aromatic heterocycles. The first kappa shape index (κ1) is 14.0. The van der Waals surface area contributed by atoms with Crippen LogP contribution in [0.1, 0.15) is 22.8 Å². The van der Waals surface area contributed by atoms with Crippen LogP contribution >= 0.6 is 27.5 Å². The SMILES string of the molecule is COC(=O)c1cc(Cl)c(COC(C)=O)cc1Br. The third kappa shape index (κ3) is 3.71. The van der Waals surface area contributed by atoms with E-state index < -0.39 is 11.9 Å². The second-order valence-electron chi connectivity index (χ2n) is 3.20. The summed E-state index contributed by atoms with van der Waals surface area (Å²) in [6.07, 6.45) is 0. The Labute approximate surface area is 112 Å². The number of ether oxygens (including phenoxy) is 2. The number of rotatable bonds is 3. The summed E-state index contributed by atoms with van der Waals surface area (Å²) < 4.78 is 9.97. The van der Waals surface area contributed by atoms with Crippen LogP contribution in [0, 0.1) is 0 Å². The Morgan fingerprint density at radius 1 is 1.41 bits per heavy atom. The first-order valence-corrected chi connectivity index (χ1v) is 5.82. The molecule has 17 heavy (non-hydrogen) atoms. The monoisotopic (exact) mass is 320 g/mol. The molecule has 0 radical (unpaired) electrons. The fourth-order valence-corrected chi connectivity index (χ4v) is 1.92. The number of halogens is 2. The van der Waals surface area contributed by atoms with Gasteiger partial charge in [-0.15, -0.1) is 0 Å². The Bertz CT molecular complexity index is 459. The highest BCUT2D eigenvalue weighted by molar-refractivity contribution is 9.10. The third-order valence-corrected chi connectivity index (χ3v) is 2.98. The van der Waals surface area contributed by atoms with Gasteiger partial charge < -0.3 is 9.47 Å². The average Bonchev–Trinajstić information content (AvgIpc) is 2.28. The smallest absolute Gasteiger partial charge is 0.339 e. The standard InChI is InChI=1S/C11H10BrClO4/c1-6(14)17-5-7-3-9(12)8(4-10(7)13)11(15)16-2/h3-4H,5H2,1-2H3. The molecule has 4 nitrogen and oxygen atoms in total. The van der Waals surface area contributed by atoms with E-state index in [2.05, 4.69) is 20.7 Å². The molecular formula is C11H10BrClO4. The number of esters is 2. The lowest BCUT2D eigenvalue weighted by Gasteiger charge is -2.08. The Morgan fingerprint density at radius 3 is 2.59 bits per heavy atom. The summed E-state index contributed by atoms with van der Waals surface area (Å²) in [5.74, 6) is -0.882. The van der Waals surface area contributed by atoms with Gasteiger partial charge in [-0.2, -0.15) is 0 Å². The largest absolute Gasteiger partial charge is 0.465 e. The van der Waals surface area contributed by atoms with Crippen molar-refractivity contribution in [3.8, 4) is 0 Å². The van der Waals surface area contributed by atoms with Gasteiger partial charge in [0.25, 0.3) is 0 Å². The minimum atomic E-state index is -0.488. The lowest BCUT2D eigenvalue weighted by molar-refractivity contribution is -0.142. The first-order valence-electron chi connectivity index (χ1n) is 4.65. The van der Waals surface area contributed by atoms with Crippen LogP contribution < -0.4 is 0 Å². The van der Waals surface area contributed by atoms with E-state index in [4.69, 9.17) is 16.3 Å². The topological polar surface area (TPSA) is 52.6 Å². The van der Waals surface area contributed by atoms with Gasteiger partial charge >= 0.3 is 11.9 Å². The van der Waals surface area contributed by atoms with Crippen LogP contribution in [-0.4, -0.2) is 19.0 Å². The average molecular weight is 322 g/mol. The molecule has 0 aliphatic carbocycles. The molecule has 0 fully saturated rings. The first-order chi connectivity index (χ1) is 7.95. The quantitative estimate of drug-likeness (QED) is 0.803. The number of benzene rings is 1. The molecule has 92 valence electrons. The molecule has 0 amide bonds. The van der Waals surface area contributed by atoms with Gasteiger partial charge in [0.2, 0.25) is 0 Å². The highest BCUT2D eigenvalue weighted by Crippen LogP contribution is 2.26. The molecule has 0 aliphatic heterocycles. The van der Waals surface area contributed by atoms with E-state index in [1.807, 2.05) is 0 Å². The molecule has 0 saturated carbocycles. The second-order valence-corrected chi connectivity index (χ2v) is 4.46. The molecule has 1 rings (SSSR count). The van der Waals surface area contributed by atoms with Gasteiger partial charge in [0.15, 0.2) is 0 Å². The van der Waals surface area contributed by atoms with Crippen LogP contribution in [0.5, 0.6) is 0 Å². The van der Waals surface area contributed by atoms with Crippen LogP contribution in [0.2, 0.25) is 5.02 Å². The summed E-state index contributed by atoms with van der Waals surface area (Å²) >= 11 is 9.20. The maximum Gasteiger partial charge on any atom is 0.339 e. The minimum Gasteiger partial charge on any atom is -0.465 e. The van der Waals surface area contributed by atoms with Gasteiger partial charge in [0.05, 0.1) is 12.7 Å². The van der Waals surface area contributed by atoms with E-state index in [1.165, 1.54) is 20.1 Å². The predicted octanol–water partition coefficient (Wildman–Crippen LogP) is 2.95. The summed E-state index contributed by atoms with van der Waals surface area (Å²) in [5, 5.41) is 0.342. The number of carbonyl (C=O) groups excluding carboxylic acids is 2. The number of hydrogen-bond donors (Lipinski definition) is 0. The maximum atomic E-state index is 11.4. The van der Waals surface area contributed by atoms with Gasteiger partial charge in [0, 0.05) is 22.0 Å². The van der Waals surface area contributed by atoms with Gasteiger partial charge in [-0.25, -0.2) is 4.79 Å². The van der Waals surface area contributed by atoms with Crippen molar-refractivity contribution >= 4 is 39.5 Å². The lowest BCUT2D eigenvalue weighted by atomic mass is 10.1.